The van der Waals surface area contributed by atoms with Gasteiger partial charge in [0.05, 0.1) is 5.69 Å². The van der Waals surface area contributed by atoms with E-state index >= 15 is 0 Å². The third-order valence-electron chi connectivity index (χ3n) is 4.37. The van der Waals surface area contributed by atoms with Gasteiger partial charge in [-0.25, -0.2) is 4.79 Å². The number of hydrogen-bond acceptors (Lipinski definition) is 3. The number of anilines is 1. The molecule has 6 nitrogen and oxygen atoms in total. The summed E-state index contributed by atoms with van der Waals surface area (Å²) in [6.45, 7) is 0.904. The second-order valence-electron chi connectivity index (χ2n) is 6.04. The number of nitrogens with one attached hydrogen (secondary N) is 2. The van der Waals surface area contributed by atoms with Crippen molar-refractivity contribution in [2.45, 2.75) is 38.1 Å². The Morgan fingerprint density at radius 2 is 2.00 bits per heavy atom. The first-order valence-electron chi connectivity index (χ1n) is 8.30. The van der Waals surface area contributed by atoms with Crippen LogP contribution in [-0.4, -0.2) is 37.7 Å². The fourth-order valence-electron chi connectivity index (χ4n) is 3.16. The van der Waals surface area contributed by atoms with Crippen molar-refractivity contribution in [1.82, 2.24) is 10.6 Å². The Morgan fingerprint density at radius 3 is 2.83 bits per heavy atom. The third-order valence-corrected chi connectivity index (χ3v) is 4.37. The van der Waals surface area contributed by atoms with Crippen molar-refractivity contribution in [2.24, 2.45) is 0 Å². The van der Waals surface area contributed by atoms with Crippen LogP contribution < -0.4 is 20.3 Å². The van der Waals surface area contributed by atoms with Gasteiger partial charge in [0.15, 0.2) is 6.61 Å². The van der Waals surface area contributed by atoms with Gasteiger partial charge >= 0.3 is 6.03 Å². The lowest BCUT2D eigenvalue weighted by Gasteiger charge is -2.29. The Bertz CT molecular complexity index is 570. The molecular weight excluding hydrogens is 294 g/mol. The minimum absolute atomic E-state index is 0.0469. The SMILES string of the molecule is O=C(NCCN1C(=O)COc2ccccc21)NC1CCCCC1. The van der Waals surface area contributed by atoms with E-state index in [0.717, 1.165) is 18.5 Å². The Hall–Kier alpha value is -2.24. The Morgan fingerprint density at radius 1 is 1.22 bits per heavy atom. The van der Waals surface area contributed by atoms with Crippen molar-refractivity contribution < 1.29 is 14.3 Å². The number of fused-ring (bicyclic) bond motifs is 1. The zero-order chi connectivity index (χ0) is 16.1. The molecule has 6 heteroatoms. The van der Waals surface area contributed by atoms with E-state index in [9.17, 15) is 9.59 Å². The van der Waals surface area contributed by atoms with Crippen molar-refractivity contribution in [1.29, 1.82) is 0 Å². The highest BCUT2D eigenvalue weighted by atomic mass is 16.5. The zero-order valence-electron chi connectivity index (χ0n) is 13.2. The number of nitrogens with zero attached hydrogens (tertiary/aromatic N) is 1. The quantitative estimate of drug-likeness (QED) is 0.893. The van der Waals surface area contributed by atoms with Gasteiger partial charge in [0.25, 0.3) is 5.91 Å². The van der Waals surface area contributed by atoms with Crippen LogP contribution in [0.3, 0.4) is 0 Å². The molecule has 0 radical (unpaired) electrons. The Kier molecular flexibility index (Phi) is 5.00. The van der Waals surface area contributed by atoms with Crippen LogP contribution in [0, 0.1) is 0 Å². The van der Waals surface area contributed by atoms with Crippen LogP contribution in [0.2, 0.25) is 0 Å². The van der Waals surface area contributed by atoms with Crippen LogP contribution in [0.1, 0.15) is 32.1 Å². The molecule has 1 saturated carbocycles. The molecule has 1 aromatic rings. The minimum atomic E-state index is -0.147. The van der Waals surface area contributed by atoms with Crippen LogP contribution >= 0.6 is 0 Å². The average Bonchev–Trinajstić information content (AvgIpc) is 2.58. The van der Waals surface area contributed by atoms with E-state index in [0.29, 0.717) is 18.8 Å². The third kappa shape index (κ3) is 3.94. The maximum Gasteiger partial charge on any atom is 0.315 e. The molecule has 0 atom stereocenters. The Labute approximate surface area is 136 Å². The summed E-state index contributed by atoms with van der Waals surface area (Å²) in [5.41, 5.74) is 0.762. The molecule has 0 spiro atoms. The molecular formula is C17H23N3O3. The Balaban J connectivity index is 1.48. The van der Waals surface area contributed by atoms with E-state index in [2.05, 4.69) is 10.6 Å². The van der Waals surface area contributed by atoms with Crippen molar-refractivity contribution in [3.8, 4) is 5.75 Å². The molecule has 0 saturated heterocycles. The van der Waals surface area contributed by atoms with Crippen LogP contribution in [0.4, 0.5) is 10.5 Å². The van der Waals surface area contributed by atoms with Gasteiger partial charge in [-0.15, -0.1) is 0 Å². The number of amides is 3. The summed E-state index contributed by atoms with van der Waals surface area (Å²) in [6, 6.07) is 7.59. The van der Waals surface area contributed by atoms with Crippen LogP contribution in [0.25, 0.3) is 0 Å². The first-order valence-corrected chi connectivity index (χ1v) is 8.30. The summed E-state index contributed by atoms with van der Waals surface area (Å²) >= 11 is 0. The standard InChI is InChI=1S/C17H23N3O3/c21-16-12-23-15-9-5-4-8-14(15)20(16)11-10-18-17(22)19-13-6-2-1-3-7-13/h4-5,8-9,13H,1-3,6-7,10-12H2,(H2,18,19,22). The molecule has 124 valence electrons. The second kappa shape index (κ2) is 7.35. The summed E-state index contributed by atoms with van der Waals surface area (Å²) in [5, 5.41) is 5.85. The molecule has 1 aliphatic heterocycles. The highest BCUT2D eigenvalue weighted by molar-refractivity contribution is 5.97. The van der Waals surface area contributed by atoms with E-state index in [-0.39, 0.29) is 24.6 Å². The van der Waals surface area contributed by atoms with Gasteiger partial charge in [-0.1, -0.05) is 31.4 Å². The van der Waals surface area contributed by atoms with Crippen molar-refractivity contribution in [3.63, 3.8) is 0 Å². The van der Waals surface area contributed by atoms with Crippen molar-refractivity contribution in [2.75, 3.05) is 24.6 Å². The predicted molar refractivity (Wildman–Crippen MR) is 87.7 cm³/mol. The fraction of sp³-hybridized carbons (Fsp3) is 0.529. The molecule has 0 unspecified atom stereocenters. The first-order chi connectivity index (χ1) is 11.2. The van der Waals surface area contributed by atoms with Crippen molar-refractivity contribution in [3.05, 3.63) is 24.3 Å². The van der Waals surface area contributed by atoms with Gasteiger partial charge in [0.2, 0.25) is 0 Å². The lowest BCUT2D eigenvalue weighted by atomic mass is 9.96. The topological polar surface area (TPSA) is 70.7 Å². The molecule has 1 aromatic carbocycles. The summed E-state index contributed by atoms with van der Waals surface area (Å²) < 4.78 is 5.40. The smallest absolute Gasteiger partial charge is 0.315 e. The van der Waals surface area contributed by atoms with Crippen LogP contribution in [0.15, 0.2) is 24.3 Å². The molecule has 1 fully saturated rings. The summed E-state index contributed by atoms with van der Waals surface area (Å²) in [6.07, 6.45) is 5.75. The molecule has 2 N–H and O–H groups in total. The molecule has 2 aliphatic rings. The van der Waals surface area contributed by atoms with Gasteiger partial charge in [0.1, 0.15) is 5.75 Å². The molecule has 3 amide bonds. The molecule has 1 heterocycles. The molecule has 0 aromatic heterocycles. The molecule has 1 aliphatic carbocycles. The number of carbonyl (C=O) groups excluding carboxylic acids is 2. The van der Waals surface area contributed by atoms with Crippen molar-refractivity contribution >= 4 is 17.6 Å². The minimum Gasteiger partial charge on any atom is -0.482 e. The number of carbonyl (C=O) groups is 2. The summed E-state index contributed by atoms with van der Waals surface area (Å²) in [7, 11) is 0. The molecule has 3 rings (SSSR count). The van der Waals surface area contributed by atoms with Gasteiger partial charge < -0.3 is 20.3 Å². The number of ether oxygens (including phenoxy) is 1. The van der Waals surface area contributed by atoms with Gasteiger partial charge in [-0.3, -0.25) is 4.79 Å². The van der Waals surface area contributed by atoms with Gasteiger partial charge in [0, 0.05) is 19.1 Å². The lowest BCUT2D eigenvalue weighted by Crippen LogP contribution is -2.47. The number of urea groups is 1. The number of rotatable bonds is 4. The van der Waals surface area contributed by atoms with E-state index in [1.54, 1.807) is 4.90 Å². The highest BCUT2D eigenvalue weighted by Crippen LogP contribution is 2.30. The van der Waals surface area contributed by atoms with Crippen LogP contribution in [0.5, 0.6) is 5.75 Å². The maximum atomic E-state index is 12.0. The lowest BCUT2D eigenvalue weighted by molar-refractivity contribution is -0.121. The van der Waals surface area contributed by atoms with E-state index < -0.39 is 0 Å². The van der Waals surface area contributed by atoms with E-state index in [4.69, 9.17) is 4.74 Å². The van der Waals surface area contributed by atoms with E-state index in [1.807, 2.05) is 24.3 Å². The fourth-order valence-corrected chi connectivity index (χ4v) is 3.16. The number of benzene rings is 1. The normalized spacial score (nSPS) is 18.1. The largest absolute Gasteiger partial charge is 0.482 e. The monoisotopic (exact) mass is 317 g/mol. The number of hydrogen-bond donors (Lipinski definition) is 2. The van der Waals surface area contributed by atoms with E-state index in [1.165, 1.54) is 19.3 Å². The zero-order valence-corrected chi connectivity index (χ0v) is 13.2. The van der Waals surface area contributed by atoms with Gasteiger partial charge in [-0.2, -0.15) is 0 Å². The van der Waals surface area contributed by atoms with Crippen LogP contribution in [-0.2, 0) is 4.79 Å². The maximum absolute atomic E-state index is 12.0. The highest BCUT2D eigenvalue weighted by Gasteiger charge is 2.24. The molecule has 23 heavy (non-hydrogen) atoms. The first kappa shape index (κ1) is 15.6. The number of para-hydroxylation sites is 2. The van der Waals surface area contributed by atoms with Gasteiger partial charge in [-0.05, 0) is 25.0 Å². The summed E-state index contributed by atoms with van der Waals surface area (Å²) in [4.78, 5) is 25.6. The second-order valence-corrected chi connectivity index (χ2v) is 6.04. The predicted octanol–water partition coefficient (Wildman–Crippen LogP) is 2.04. The molecule has 0 bridgehead atoms. The summed E-state index contributed by atoms with van der Waals surface area (Å²) in [5.74, 6) is 0.622. The average molecular weight is 317 g/mol.